The number of carboxylic acid groups (broad SMARTS) is 1. The Hall–Kier alpha value is -2.04. The van der Waals surface area contributed by atoms with E-state index in [0.29, 0.717) is 18.5 Å². The van der Waals surface area contributed by atoms with Crippen molar-refractivity contribution in [3.8, 4) is 0 Å². The van der Waals surface area contributed by atoms with Crippen LogP contribution in [-0.2, 0) is 11.2 Å². The van der Waals surface area contributed by atoms with Crippen LogP contribution in [0, 0.1) is 0 Å². The van der Waals surface area contributed by atoms with Crippen LogP contribution >= 0.6 is 0 Å². The Morgan fingerprint density at radius 2 is 2.25 bits per heavy atom. The van der Waals surface area contributed by atoms with E-state index in [1.165, 1.54) is 0 Å². The number of aryl methyl sites for hydroxylation is 1. The van der Waals surface area contributed by atoms with E-state index in [1.54, 1.807) is 24.3 Å². The summed E-state index contributed by atoms with van der Waals surface area (Å²) in [5, 5.41) is 12.1. The highest BCUT2D eigenvalue weighted by molar-refractivity contribution is 5.73. The zero-order valence-electron chi connectivity index (χ0n) is 8.58. The number of azide groups is 1. The number of aliphatic carboxylic acids is 1. The lowest BCUT2D eigenvalue weighted by Crippen LogP contribution is -2.30. The maximum absolute atomic E-state index is 10.5. The van der Waals surface area contributed by atoms with Gasteiger partial charge in [0, 0.05) is 10.6 Å². The van der Waals surface area contributed by atoms with E-state index in [0.717, 1.165) is 5.56 Å². The van der Waals surface area contributed by atoms with Gasteiger partial charge >= 0.3 is 5.97 Å². The lowest BCUT2D eigenvalue weighted by molar-refractivity contribution is -0.138. The summed E-state index contributed by atoms with van der Waals surface area (Å²) >= 11 is 0. The summed E-state index contributed by atoms with van der Waals surface area (Å²) in [4.78, 5) is 13.2. The third kappa shape index (κ3) is 3.27. The van der Waals surface area contributed by atoms with Gasteiger partial charge in [0.15, 0.2) is 0 Å². The highest BCUT2D eigenvalue weighted by atomic mass is 16.4. The van der Waals surface area contributed by atoms with Crippen LogP contribution in [0.3, 0.4) is 0 Å². The monoisotopic (exact) mass is 220 g/mol. The van der Waals surface area contributed by atoms with Crippen molar-refractivity contribution in [3.05, 3.63) is 40.3 Å². The van der Waals surface area contributed by atoms with Gasteiger partial charge in [0.1, 0.15) is 6.04 Å². The third-order valence-electron chi connectivity index (χ3n) is 2.19. The average molecular weight is 220 g/mol. The van der Waals surface area contributed by atoms with Crippen LogP contribution in [0.4, 0.5) is 5.69 Å². The molecule has 1 aromatic rings. The summed E-state index contributed by atoms with van der Waals surface area (Å²) in [6.07, 6.45) is 0.788. The lowest BCUT2D eigenvalue weighted by Gasteiger charge is -2.07. The van der Waals surface area contributed by atoms with Crippen LogP contribution in [0.5, 0.6) is 0 Å². The van der Waals surface area contributed by atoms with Crippen LogP contribution in [0.2, 0.25) is 0 Å². The normalized spacial score (nSPS) is 11.6. The summed E-state index contributed by atoms with van der Waals surface area (Å²) in [5.41, 5.74) is 15.1. The molecule has 6 heteroatoms. The van der Waals surface area contributed by atoms with E-state index in [-0.39, 0.29) is 0 Å². The highest BCUT2D eigenvalue weighted by Crippen LogP contribution is 2.20. The molecule has 0 aliphatic rings. The quantitative estimate of drug-likeness (QED) is 0.449. The van der Waals surface area contributed by atoms with Crippen molar-refractivity contribution in [1.82, 2.24) is 0 Å². The predicted molar refractivity (Wildman–Crippen MR) is 59.2 cm³/mol. The second kappa shape index (κ2) is 5.75. The van der Waals surface area contributed by atoms with Crippen LogP contribution in [0.25, 0.3) is 10.4 Å². The molecule has 0 aliphatic carbocycles. The van der Waals surface area contributed by atoms with E-state index in [1.807, 2.05) is 0 Å². The molecule has 0 bridgehead atoms. The van der Waals surface area contributed by atoms with Gasteiger partial charge in [0.2, 0.25) is 0 Å². The van der Waals surface area contributed by atoms with Gasteiger partial charge in [-0.2, -0.15) is 0 Å². The van der Waals surface area contributed by atoms with Crippen molar-refractivity contribution in [2.45, 2.75) is 18.9 Å². The first-order valence-electron chi connectivity index (χ1n) is 4.76. The van der Waals surface area contributed by atoms with E-state index in [2.05, 4.69) is 10.0 Å². The molecule has 0 spiro atoms. The molecule has 3 N–H and O–H groups in total. The first kappa shape index (κ1) is 12.0. The third-order valence-corrected chi connectivity index (χ3v) is 2.19. The number of hydrogen-bond donors (Lipinski definition) is 2. The molecule has 84 valence electrons. The number of nitrogens with two attached hydrogens (primary N) is 1. The van der Waals surface area contributed by atoms with Gasteiger partial charge in [-0.1, -0.05) is 29.4 Å². The number of hydrogen-bond acceptors (Lipinski definition) is 3. The molecule has 16 heavy (non-hydrogen) atoms. The molecule has 0 radical (unpaired) electrons. The molecule has 0 aromatic heterocycles. The molecule has 0 amide bonds. The second-order valence-corrected chi connectivity index (χ2v) is 3.30. The summed E-state index contributed by atoms with van der Waals surface area (Å²) in [6.45, 7) is 0. The molecule has 0 saturated carbocycles. The minimum atomic E-state index is -1.03. The Balaban J connectivity index is 2.73. The van der Waals surface area contributed by atoms with E-state index >= 15 is 0 Å². The van der Waals surface area contributed by atoms with Gasteiger partial charge in [0.25, 0.3) is 0 Å². The van der Waals surface area contributed by atoms with Gasteiger partial charge in [-0.15, -0.1) is 0 Å². The standard InChI is InChI=1S/C10H12N4O2/c11-8(10(15)16)6-5-7-3-1-2-4-9(7)13-14-12/h1-4,8H,5-6,11H2,(H,15,16)/t8-/m0/s1. The van der Waals surface area contributed by atoms with Gasteiger partial charge in [-0.3, -0.25) is 4.79 Å². The Bertz CT molecular complexity index is 427. The summed E-state index contributed by atoms with van der Waals surface area (Å²) < 4.78 is 0. The first-order chi connectivity index (χ1) is 7.65. The molecular weight excluding hydrogens is 208 g/mol. The molecule has 1 rings (SSSR count). The smallest absolute Gasteiger partial charge is 0.320 e. The SMILES string of the molecule is [N-]=[N+]=Nc1ccccc1CC[C@H](N)C(=O)O. The molecule has 1 atom stereocenters. The van der Waals surface area contributed by atoms with Crippen molar-refractivity contribution in [2.75, 3.05) is 0 Å². The minimum Gasteiger partial charge on any atom is -0.480 e. The maximum Gasteiger partial charge on any atom is 0.320 e. The fourth-order valence-corrected chi connectivity index (χ4v) is 1.30. The zero-order chi connectivity index (χ0) is 12.0. The Kier molecular flexibility index (Phi) is 4.32. The topological polar surface area (TPSA) is 112 Å². The Morgan fingerprint density at radius 3 is 2.88 bits per heavy atom. The van der Waals surface area contributed by atoms with E-state index in [9.17, 15) is 4.79 Å². The zero-order valence-corrected chi connectivity index (χ0v) is 8.58. The van der Waals surface area contributed by atoms with Crippen molar-refractivity contribution < 1.29 is 9.90 Å². The number of nitrogens with zero attached hydrogens (tertiary/aromatic N) is 3. The molecule has 0 aliphatic heterocycles. The van der Waals surface area contributed by atoms with Gasteiger partial charge in [-0.05, 0) is 23.9 Å². The van der Waals surface area contributed by atoms with Crippen molar-refractivity contribution >= 4 is 11.7 Å². The largest absolute Gasteiger partial charge is 0.480 e. The van der Waals surface area contributed by atoms with Crippen molar-refractivity contribution in [2.24, 2.45) is 10.8 Å². The fraction of sp³-hybridized carbons (Fsp3) is 0.300. The van der Waals surface area contributed by atoms with Crippen LogP contribution < -0.4 is 5.73 Å². The maximum atomic E-state index is 10.5. The number of benzene rings is 1. The first-order valence-corrected chi connectivity index (χ1v) is 4.76. The number of carbonyl (C=O) groups is 1. The predicted octanol–water partition coefficient (Wildman–Crippen LogP) is 1.97. The van der Waals surface area contributed by atoms with E-state index < -0.39 is 12.0 Å². The molecule has 1 aromatic carbocycles. The van der Waals surface area contributed by atoms with Gasteiger partial charge in [-0.25, -0.2) is 0 Å². The average Bonchev–Trinajstić information content (AvgIpc) is 2.27. The molecule has 6 nitrogen and oxygen atoms in total. The second-order valence-electron chi connectivity index (χ2n) is 3.30. The van der Waals surface area contributed by atoms with E-state index in [4.69, 9.17) is 16.4 Å². The molecule has 0 saturated heterocycles. The fourth-order valence-electron chi connectivity index (χ4n) is 1.30. The van der Waals surface area contributed by atoms with Gasteiger partial charge in [0.05, 0.1) is 0 Å². The Morgan fingerprint density at radius 1 is 1.56 bits per heavy atom. The van der Waals surface area contributed by atoms with Crippen LogP contribution in [0.1, 0.15) is 12.0 Å². The summed E-state index contributed by atoms with van der Waals surface area (Å²) in [7, 11) is 0. The number of carboxylic acids is 1. The minimum absolute atomic E-state index is 0.313. The highest BCUT2D eigenvalue weighted by Gasteiger charge is 2.11. The Labute approximate surface area is 92.3 Å². The molecule has 0 fully saturated rings. The van der Waals surface area contributed by atoms with Crippen LogP contribution in [0.15, 0.2) is 29.4 Å². The number of rotatable bonds is 5. The molecule has 0 unspecified atom stereocenters. The lowest BCUT2D eigenvalue weighted by atomic mass is 10.0. The molecule has 0 heterocycles. The summed E-state index contributed by atoms with van der Waals surface area (Å²) in [6, 6.07) is 6.14. The van der Waals surface area contributed by atoms with Gasteiger partial charge < -0.3 is 10.8 Å². The summed E-state index contributed by atoms with van der Waals surface area (Å²) in [5.74, 6) is -1.03. The molecular formula is C10H12N4O2. The van der Waals surface area contributed by atoms with Crippen LogP contribution in [-0.4, -0.2) is 17.1 Å². The van der Waals surface area contributed by atoms with Crippen molar-refractivity contribution in [1.29, 1.82) is 0 Å². The van der Waals surface area contributed by atoms with Crippen molar-refractivity contribution in [3.63, 3.8) is 0 Å².